The molecule has 1 atom stereocenters. The summed E-state index contributed by atoms with van der Waals surface area (Å²) in [5.41, 5.74) is 2.40. The Bertz CT molecular complexity index is 1100. The lowest BCUT2D eigenvalue weighted by atomic mass is 10.0. The molecule has 0 radical (unpaired) electrons. The number of carbonyl (C=O) groups is 1. The number of hydrogen-bond acceptors (Lipinski definition) is 2. The summed E-state index contributed by atoms with van der Waals surface area (Å²) in [5, 5.41) is 7.68. The highest BCUT2D eigenvalue weighted by atomic mass is 35.5. The second-order valence-corrected chi connectivity index (χ2v) is 7.60. The first-order chi connectivity index (χ1) is 14.1. The lowest BCUT2D eigenvalue weighted by molar-refractivity contribution is -0.137. The summed E-state index contributed by atoms with van der Waals surface area (Å²) < 4.78 is 38.6. The molecule has 3 nitrogen and oxygen atoms in total. The van der Waals surface area contributed by atoms with Crippen LogP contribution in [-0.2, 0) is 6.18 Å². The predicted molar refractivity (Wildman–Crippen MR) is 115 cm³/mol. The lowest BCUT2D eigenvalue weighted by Crippen LogP contribution is -2.27. The Kier molecular flexibility index (Phi) is 6.27. The van der Waals surface area contributed by atoms with Crippen molar-refractivity contribution in [3.05, 3.63) is 75.8 Å². The van der Waals surface area contributed by atoms with Gasteiger partial charge in [0.25, 0.3) is 5.91 Å². The molecular weight excluding hydrogens is 413 g/mol. The quantitative estimate of drug-likeness (QED) is 0.466. The van der Waals surface area contributed by atoms with E-state index in [1.165, 1.54) is 18.2 Å². The van der Waals surface area contributed by atoms with Gasteiger partial charge in [0.05, 0.1) is 11.6 Å². The van der Waals surface area contributed by atoms with Crippen molar-refractivity contribution in [2.45, 2.75) is 33.0 Å². The van der Waals surface area contributed by atoms with Gasteiger partial charge in [0.1, 0.15) is 0 Å². The van der Waals surface area contributed by atoms with Gasteiger partial charge in [-0.3, -0.25) is 4.79 Å². The highest BCUT2D eigenvalue weighted by molar-refractivity contribution is 6.31. The third kappa shape index (κ3) is 4.70. The number of benzene rings is 3. The van der Waals surface area contributed by atoms with Gasteiger partial charge < -0.3 is 10.6 Å². The van der Waals surface area contributed by atoms with Gasteiger partial charge in [-0.2, -0.15) is 13.2 Å². The number of hydrogen-bond donors (Lipinski definition) is 2. The van der Waals surface area contributed by atoms with Gasteiger partial charge >= 0.3 is 6.18 Å². The van der Waals surface area contributed by atoms with E-state index in [0.29, 0.717) is 21.4 Å². The van der Waals surface area contributed by atoms with E-state index in [1.54, 1.807) is 6.07 Å². The minimum absolute atomic E-state index is 0.325. The number of alkyl halides is 3. The Morgan fingerprint density at radius 1 is 1.07 bits per heavy atom. The second-order valence-electron chi connectivity index (χ2n) is 7.19. The molecule has 3 aromatic rings. The molecule has 1 amide bonds. The molecule has 0 unspecified atom stereocenters. The van der Waals surface area contributed by atoms with E-state index in [2.05, 4.69) is 10.6 Å². The number of rotatable bonds is 5. The van der Waals surface area contributed by atoms with E-state index in [9.17, 15) is 18.0 Å². The number of anilines is 1. The first-order valence-corrected chi connectivity index (χ1v) is 9.93. The Hall–Kier alpha value is -2.73. The van der Waals surface area contributed by atoms with Crippen molar-refractivity contribution in [2.75, 3.05) is 11.9 Å². The third-order valence-electron chi connectivity index (χ3n) is 4.95. The summed E-state index contributed by atoms with van der Waals surface area (Å²) >= 11 is 6.41. The number of nitrogens with one attached hydrogen (secondary N) is 2. The minimum atomic E-state index is -4.40. The molecule has 0 aromatic heterocycles. The number of carbonyl (C=O) groups excluding carboxylic acids is 1. The monoisotopic (exact) mass is 434 g/mol. The van der Waals surface area contributed by atoms with E-state index in [0.717, 1.165) is 35.5 Å². The number of fused-ring (bicyclic) bond motifs is 1. The molecule has 0 spiro atoms. The molecule has 0 aliphatic carbocycles. The summed E-state index contributed by atoms with van der Waals surface area (Å²) in [6, 6.07) is 11.5. The van der Waals surface area contributed by atoms with Gasteiger partial charge in [-0.05, 0) is 73.0 Å². The molecule has 7 heteroatoms. The molecule has 2 N–H and O–H groups in total. The number of halogens is 4. The van der Waals surface area contributed by atoms with Gasteiger partial charge in [0, 0.05) is 22.8 Å². The van der Waals surface area contributed by atoms with Gasteiger partial charge in [-0.1, -0.05) is 29.8 Å². The van der Waals surface area contributed by atoms with E-state index < -0.39 is 11.7 Å². The van der Waals surface area contributed by atoms with Crippen LogP contribution >= 0.6 is 11.6 Å². The SMILES string of the molecule is CCNc1cc(Cl)c([C@@H](C)NC(=O)c2ccc3cc(C(F)(F)F)ccc3c2)cc1C. The van der Waals surface area contributed by atoms with Gasteiger partial charge in [0.15, 0.2) is 0 Å². The maximum absolute atomic E-state index is 12.9. The van der Waals surface area contributed by atoms with Crippen LogP contribution in [0.3, 0.4) is 0 Å². The van der Waals surface area contributed by atoms with Crippen molar-refractivity contribution in [2.24, 2.45) is 0 Å². The smallest absolute Gasteiger partial charge is 0.385 e. The molecule has 158 valence electrons. The van der Waals surface area contributed by atoms with Crippen LogP contribution < -0.4 is 10.6 Å². The van der Waals surface area contributed by atoms with Gasteiger partial charge in [-0.15, -0.1) is 0 Å². The number of amides is 1. The third-order valence-corrected chi connectivity index (χ3v) is 5.28. The average Bonchev–Trinajstić information content (AvgIpc) is 2.69. The van der Waals surface area contributed by atoms with Crippen molar-refractivity contribution in [3.63, 3.8) is 0 Å². The predicted octanol–water partition coefficient (Wildman–Crippen LogP) is 6.74. The molecule has 0 heterocycles. The van der Waals surface area contributed by atoms with Crippen molar-refractivity contribution in [1.29, 1.82) is 0 Å². The van der Waals surface area contributed by atoms with Crippen molar-refractivity contribution in [1.82, 2.24) is 5.32 Å². The maximum Gasteiger partial charge on any atom is 0.416 e. The van der Waals surface area contributed by atoms with Gasteiger partial charge in [0.2, 0.25) is 0 Å². The molecule has 3 aromatic carbocycles. The zero-order valence-electron chi connectivity index (χ0n) is 16.8. The van der Waals surface area contributed by atoms with E-state index in [4.69, 9.17) is 11.6 Å². The highest BCUT2D eigenvalue weighted by Crippen LogP contribution is 2.32. The molecular formula is C23H22ClF3N2O. The maximum atomic E-state index is 12.9. The first kappa shape index (κ1) is 22.0. The van der Waals surface area contributed by atoms with E-state index in [-0.39, 0.29) is 11.9 Å². The van der Waals surface area contributed by atoms with Crippen LogP contribution in [0.2, 0.25) is 5.02 Å². The summed E-state index contributed by atoms with van der Waals surface area (Å²) in [4.78, 5) is 12.7. The van der Waals surface area contributed by atoms with Crippen LogP contribution in [-0.4, -0.2) is 12.5 Å². The second kappa shape index (κ2) is 8.56. The van der Waals surface area contributed by atoms with Crippen LogP contribution in [0.15, 0.2) is 48.5 Å². The summed E-state index contributed by atoms with van der Waals surface area (Å²) in [7, 11) is 0. The zero-order chi connectivity index (χ0) is 22.1. The molecule has 0 fully saturated rings. The van der Waals surface area contributed by atoms with Crippen LogP contribution in [0.1, 0.15) is 46.9 Å². The Labute approximate surface area is 178 Å². The fourth-order valence-electron chi connectivity index (χ4n) is 3.34. The standard InChI is InChI=1S/C23H22ClF3N2O/c1-4-28-21-12-20(24)19(9-13(21)2)14(3)29-22(30)17-6-5-16-11-18(23(25,26)27)8-7-15(16)10-17/h5-12,14,28H,4H2,1-3H3,(H,29,30)/t14-/m1/s1. The average molecular weight is 435 g/mol. The largest absolute Gasteiger partial charge is 0.416 e. The molecule has 0 bridgehead atoms. The van der Waals surface area contributed by atoms with Crippen molar-refractivity contribution < 1.29 is 18.0 Å². The summed E-state index contributed by atoms with van der Waals surface area (Å²) in [5.74, 6) is -0.325. The summed E-state index contributed by atoms with van der Waals surface area (Å²) in [6.07, 6.45) is -4.40. The Balaban J connectivity index is 1.81. The lowest BCUT2D eigenvalue weighted by Gasteiger charge is -2.19. The molecule has 0 aliphatic rings. The van der Waals surface area contributed by atoms with Crippen LogP contribution in [0.5, 0.6) is 0 Å². The molecule has 3 rings (SSSR count). The fraction of sp³-hybridized carbons (Fsp3) is 0.261. The van der Waals surface area contributed by atoms with Crippen LogP contribution in [0.25, 0.3) is 10.8 Å². The molecule has 0 saturated carbocycles. The van der Waals surface area contributed by atoms with Crippen LogP contribution in [0.4, 0.5) is 18.9 Å². The van der Waals surface area contributed by atoms with E-state index >= 15 is 0 Å². The highest BCUT2D eigenvalue weighted by Gasteiger charge is 2.30. The first-order valence-electron chi connectivity index (χ1n) is 9.56. The number of aryl methyl sites for hydroxylation is 1. The van der Waals surface area contributed by atoms with Crippen molar-refractivity contribution in [3.8, 4) is 0 Å². The summed E-state index contributed by atoms with van der Waals surface area (Å²) in [6.45, 7) is 6.57. The molecule has 0 aliphatic heterocycles. The minimum Gasteiger partial charge on any atom is -0.385 e. The molecule has 30 heavy (non-hydrogen) atoms. The van der Waals surface area contributed by atoms with Crippen molar-refractivity contribution >= 4 is 34.0 Å². The Morgan fingerprint density at radius 3 is 2.40 bits per heavy atom. The zero-order valence-corrected chi connectivity index (χ0v) is 17.6. The normalized spacial score (nSPS) is 12.6. The molecule has 0 saturated heterocycles. The van der Waals surface area contributed by atoms with Gasteiger partial charge in [-0.25, -0.2) is 0 Å². The topological polar surface area (TPSA) is 41.1 Å². The van der Waals surface area contributed by atoms with Crippen LogP contribution in [0, 0.1) is 6.92 Å². The fourth-order valence-corrected chi connectivity index (χ4v) is 3.66. The Morgan fingerprint density at radius 2 is 1.73 bits per heavy atom. The van der Waals surface area contributed by atoms with E-state index in [1.807, 2.05) is 32.9 Å².